The summed E-state index contributed by atoms with van der Waals surface area (Å²) in [4.78, 5) is 11.6. The molecule has 1 aromatic carbocycles. The molecule has 2 bridgehead atoms. The number of methoxy groups -OCH3 is 1. The Bertz CT molecular complexity index is 1050. The molecule has 11 heteroatoms. The normalized spacial score (nSPS) is 33.8. The standard InChI is InChI=1S/C19H20F3N3O4S/c1-18-11-5-13(16(6-11)24-17(26)29-2)15(18)9-25(30(18,27)28)12-4-3-10(8-23)14(7-12)19(20,21)22/h3-4,7,11,13,15-16H,5-6,9H2,1-2H3,(H,24,26)/t11-,13+,15+,16-,18-/m1/s1. The number of nitriles is 1. The van der Waals surface area contributed by atoms with Crippen molar-refractivity contribution in [3.8, 4) is 6.07 Å². The minimum Gasteiger partial charge on any atom is -0.453 e. The van der Waals surface area contributed by atoms with E-state index >= 15 is 0 Å². The maximum absolute atomic E-state index is 13.5. The summed E-state index contributed by atoms with van der Waals surface area (Å²) in [6, 6.07) is 4.23. The lowest BCUT2D eigenvalue weighted by molar-refractivity contribution is -0.137. The Labute approximate surface area is 171 Å². The van der Waals surface area contributed by atoms with E-state index in [1.807, 2.05) is 0 Å². The minimum absolute atomic E-state index is 0.0303. The Kier molecular flexibility index (Phi) is 4.51. The van der Waals surface area contributed by atoms with Crippen LogP contribution in [0.15, 0.2) is 18.2 Å². The fraction of sp³-hybridized carbons (Fsp3) is 0.579. The zero-order chi connectivity index (χ0) is 22.1. The molecule has 1 N–H and O–H groups in total. The van der Waals surface area contributed by atoms with E-state index in [2.05, 4.69) is 10.1 Å². The number of amides is 1. The maximum Gasteiger partial charge on any atom is 0.417 e. The second-order valence-corrected chi connectivity index (χ2v) is 10.5. The molecule has 1 saturated heterocycles. The van der Waals surface area contributed by atoms with Crippen LogP contribution in [-0.4, -0.2) is 39.0 Å². The maximum atomic E-state index is 13.5. The third-order valence-corrected chi connectivity index (χ3v) is 9.78. The van der Waals surface area contributed by atoms with E-state index in [0.717, 1.165) is 16.4 Å². The van der Waals surface area contributed by atoms with Gasteiger partial charge in [-0.25, -0.2) is 13.2 Å². The van der Waals surface area contributed by atoms with Crippen LogP contribution in [0.3, 0.4) is 0 Å². The SMILES string of the molecule is COC(=O)N[C@@H]1C[C@H]2C[C@H]1[C@@H]1CN(c3ccc(C#N)c(C(F)(F)F)c3)S(=O)(=O)[C@]21C. The Hall–Kier alpha value is -2.48. The van der Waals surface area contributed by atoms with Gasteiger partial charge in [0, 0.05) is 18.5 Å². The van der Waals surface area contributed by atoms with Crippen molar-refractivity contribution in [2.24, 2.45) is 17.8 Å². The summed E-state index contributed by atoms with van der Waals surface area (Å²) in [7, 11) is -2.70. The monoisotopic (exact) mass is 443 g/mol. The van der Waals surface area contributed by atoms with E-state index in [-0.39, 0.29) is 36.0 Å². The van der Waals surface area contributed by atoms with E-state index in [1.165, 1.54) is 19.2 Å². The third kappa shape index (κ3) is 2.69. The second kappa shape index (κ2) is 6.51. The first kappa shape index (κ1) is 20.8. The van der Waals surface area contributed by atoms with Crippen molar-refractivity contribution in [3.63, 3.8) is 0 Å². The van der Waals surface area contributed by atoms with Gasteiger partial charge in [0.2, 0.25) is 10.0 Å². The number of carbonyl (C=O) groups is 1. The van der Waals surface area contributed by atoms with Gasteiger partial charge in [0.1, 0.15) is 0 Å². The summed E-state index contributed by atoms with van der Waals surface area (Å²) in [5.41, 5.74) is -1.82. The van der Waals surface area contributed by atoms with Crippen LogP contribution in [0.25, 0.3) is 0 Å². The number of anilines is 1. The molecule has 0 unspecified atom stereocenters. The highest BCUT2D eigenvalue weighted by atomic mass is 32.2. The first-order valence-corrected chi connectivity index (χ1v) is 10.9. The average molecular weight is 443 g/mol. The predicted molar refractivity (Wildman–Crippen MR) is 99.9 cm³/mol. The van der Waals surface area contributed by atoms with Crippen LogP contribution in [0.4, 0.5) is 23.7 Å². The van der Waals surface area contributed by atoms with Crippen molar-refractivity contribution in [2.45, 2.75) is 36.7 Å². The average Bonchev–Trinajstić information content (AvgIpc) is 3.28. The molecule has 5 atom stereocenters. The molecule has 2 aliphatic carbocycles. The van der Waals surface area contributed by atoms with Crippen molar-refractivity contribution in [2.75, 3.05) is 18.0 Å². The van der Waals surface area contributed by atoms with Crippen molar-refractivity contribution < 1.29 is 31.1 Å². The van der Waals surface area contributed by atoms with Gasteiger partial charge in [0.05, 0.1) is 34.7 Å². The lowest BCUT2D eigenvalue weighted by Crippen LogP contribution is -2.51. The molecule has 1 aliphatic heterocycles. The molecule has 3 aliphatic rings. The van der Waals surface area contributed by atoms with Gasteiger partial charge < -0.3 is 10.1 Å². The van der Waals surface area contributed by atoms with Crippen LogP contribution >= 0.6 is 0 Å². The highest BCUT2D eigenvalue weighted by Crippen LogP contribution is 2.62. The number of ether oxygens (including phenoxy) is 1. The summed E-state index contributed by atoms with van der Waals surface area (Å²) >= 11 is 0. The van der Waals surface area contributed by atoms with Crippen molar-refractivity contribution in [1.29, 1.82) is 5.26 Å². The van der Waals surface area contributed by atoms with Gasteiger partial charge in [-0.15, -0.1) is 0 Å². The van der Waals surface area contributed by atoms with Gasteiger partial charge in [-0.1, -0.05) is 0 Å². The van der Waals surface area contributed by atoms with Gasteiger partial charge >= 0.3 is 12.3 Å². The number of nitrogens with zero attached hydrogens (tertiary/aromatic N) is 2. The van der Waals surface area contributed by atoms with Crippen LogP contribution in [0.5, 0.6) is 0 Å². The number of rotatable bonds is 2. The Balaban J connectivity index is 1.71. The minimum atomic E-state index is -4.78. The molecule has 2 saturated carbocycles. The van der Waals surface area contributed by atoms with E-state index in [0.29, 0.717) is 12.8 Å². The summed E-state index contributed by atoms with van der Waals surface area (Å²) in [6.07, 6.45) is -4.27. The Morgan fingerprint density at radius 2 is 2.07 bits per heavy atom. The lowest BCUT2D eigenvalue weighted by atomic mass is 9.77. The first-order chi connectivity index (χ1) is 13.9. The van der Waals surface area contributed by atoms with Gasteiger partial charge in [-0.3, -0.25) is 4.31 Å². The number of carbonyl (C=O) groups excluding carboxylic acids is 1. The number of halogens is 3. The molecule has 7 nitrogen and oxygen atoms in total. The molecule has 0 radical (unpaired) electrons. The van der Waals surface area contributed by atoms with Crippen LogP contribution in [0.1, 0.15) is 30.9 Å². The molecular formula is C19H20F3N3O4S. The highest BCUT2D eigenvalue weighted by molar-refractivity contribution is 7.94. The number of hydrogen-bond acceptors (Lipinski definition) is 5. The van der Waals surface area contributed by atoms with Gasteiger partial charge in [-0.2, -0.15) is 18.4 Å². The zero-order valence-corrected chi connectivity index (χ0v) is 17.0. The van der Waals surface area contributed by atoms with E-state index in [9.17, 15) is 26.4 Å². The molecular weight excluding hydrogens is 423 g/mol. The topological polar surface area (TPSA) is 99.5 Å². The molecule has 162 valence electrons. The molecule has 4 rings (SSSR count). The fourth-order valence-electron chi connectivity index (χ4n) is 5.58. The summed E-state index contributed by atoms with van der Waals surface area (Å²) < 4.78 is 71.6. The summed E-state index contributed by atoms with van der Waals surface area (Å²) in [5, 5.41) is 11.7. The van der Waals surface area contributed by atoms with Crippen molar-refractivity contribution >= 4 is 21.8 Å². The lowest BCUT2D eigenvalue weighted by Gasteiger charge is -2.37. The van der Waals surface area contributed by atoms with Crippen LogP contribution in [0, 0.1) is 29.1 Å². The molecule has 30 heavy (non-hydrogen) atoms. The highest BCUT2D eigenvalue weighted by Gasteiger charge is 2.70. The molecule has 0 spiro atoms. The molecule has 0 aromatic heterocycles. The number of nitrogens with one attached hydrogen (secondary N) is 1. The van der Waals surface area contributed by atoms with Crippen LogP contribution in [0.2, 0.25) is 0 Å². The summed E-state index contributed by atoms with van der Waals surface area (Å²) in [5.74, 6) is -0.669. The smallest absolute Gasteiger partial charge is 0.417 e. The number of alkyl carbamates (subject to hydrolysis) is 1. The predicted octanol–water partition coefficient (Wildman–Crippen LogP) is 2.87. The number of sulfonamides is 1. The number of hydrogen-bond donors (Lipinski definition) is 1. The molecule has 1 amide bonds. The quantitative estimate of drug-likeness (QED) is 0.758. The zero-order valence-electron chi connectivity index (χ0n) is 16.2. The van der Waals surface area contributed by atoms with Gasteiger partial charge in [-0.05, 0) is 49.8 Å². The van der Waals surface area contributed by atoms with Gasteiger partial charge in [0.15, 0.2) is 0 Å². The summed E-state index contributed by atoms with van der Waals surface area (Å²) in [6.45, 7) is 1.68. The second-order valence-electron chi connectivity index (χ2n) is 8.24. The first-order valence-electron chi connectivity index (χ1n) is 9.43. The largest absolute Gasteiger partial charge is 0.453 e. The van der Waals surface area contributed by atoms with Crippen molar-refractivity contribution in [1.82, 2.24) is 5.32 Å². The van der Waals surface area contributed by atoms with Crippen LogP contribution in [-0.2, 0) is 20.9 Å². The fourth-order valence-corrected chi connectivity index (χ4v) is 8.05. The van der Waals surface area contributed by atoms with Crippen LogP contribution < -0.4 is 9.62 Å². The van der Waals surface area contributed by atoms with Gasteiger partial charge in [0.25, 0.3) is 0 Å². The number of alkyl halides is 3. The Morgan fingerprint density at radius 3 is 2.67 bits per heavy atom. The van der Waals surface area contributed by atoms with E-state index < -0.39 is 38.2 Å². The van der Waals surface area contributed by atoms with E-state index in [1.54, 1.807) is 6.92 Å². The van der Waals surface area contributed by atoms with E-state index in [4.69, 9.17) is 5.26 Å². The molecule has 1 aromatic rings. The number of fused-ring (bicyclic) bond motifs is 5. The molecule has 1 heterocycles. The van der Waals surface area contributed by atoms with Crippen molar-refractivity contribution in [3.05, 3.63) is 29.3 Å². The molecule has 3 fully saturated rings. The Morgan fingerprint density at radius 1 is 1.37 bits per heavy atom. The third-order valence-electron chi connectivity index (χ3n) is 7.09. The number of benzene rings is 1.